The predicted molar refractivity (Wildman–Crippen MR) is 160 cm³/mol. The number of hydrogen-bond acceptors (Lipinski definition) is 18. The van der Waals surface area contributed by atoms with Gasteiger partial charge in [0, 0.05) is 13.8 Å². The second kappa shape index (κ2) is 12.7. The first-order valence-electron chi connectivity index (χ1n) is 14.1. The van der Waals surface area contributed by atoms with Crippen molar-refractivity contribution in [2.24, 2.45) is 0 Å². The Morgan fingerprint density at radius 3 is 1.86 bits per heavy atom. The molecule has 6 rings (SSSR count). The number of rotatable bonds is 6. The van der Waals surface area contributed by atoms with Gasteiger partial charge >= 0.3 is 11.9 Å². The summed E-state index contributed by atoms with van der Waals surface area (Å²) in [6.45, 7) is -0.113. The van der Waals surface area contributed by atoms with Crippen LogP contribution in [-0.2, 0) is 28.5 Å². The molecule has 2 aliphatic heterocycles. The molecule has 8 N–H and O–H groups in total. The number of terminal acetylenes is 2. The van der Waals surface area contributed by atoms with Gasteiger partial charge in [-0.25, -0.2) is 38.7 Å². The summed E-state index contributed by atoms with van der Waals surface area (Å²) < 4.78 is 52.1. The second-order valence-electron chi connectivity index (χ2n) is 10.9. The Labute approximate surface area is 279 Å². The number of imidazole rings is 2. The number of halogens is 2. The van der Waals surface area contributed by atoms with E-state index in [0.29, 0.717) is 0 Å². The molecule has 20 nitrogen and oxygen atoms in total. The third kappa shape index (κ3) is 5.55. The molecule has 0 amide bonds. The van der Waals surface area contributed by atoms with Crippen molar-refractivity contribution in [3.63, 3.8) is 0 Å². The first-order valence-corrected chi connectivity index (χ1v) is 14.1. The highest BCUT2D eigenvalue weighted by Crippen LogP contribution is 2.49. The summed E-state index contributed by atoms with van der Waals surface area (Å²) in [5, 5.41) is 40.0. The highest BCUT2D eigenvalue weighted by Gasteiger charge is 2.69. The molecule has 4 aromatic heterocycles. The summed E-state index contributed by atoms with van der Waals surface area (Å²) in [7, 11) is 0. The molecule has 0 unspecified atom stereocenters. The van der Waals surface area contributed by atoms with Crippen molar-refractivity contribution in [1.29, 1.82) is 0 Å². The standard InChI is InChI=1S/C16H16FN5O6.C12H12FN5O4/c1-4-15(27-9(3)24)13(25)16(17,5-26-8(2)23)28-14(15)22-7-21-10-11(18)19-6-20-12(10)22;1-2-11(21)9(20)12(13,3-19)22-10(11)18-5-17-6-7(14)15-4-16-8(6)18/h1,6-7,13-14,25H,5H2,2-3H3,(H2,18,19,20);1,4-5,9-10,19-21H,3H2,(H2,14,15,16)/t13-,14+,15+,16+;9-,10+,11+,12+/m00/s1. The van der Waals surface area contributed by atoms with Gasteiger partial charge in [-0.1, -0.05) is 11.8 Å². The number of carbonyl (C=O) groups is 2. The lowest BCUT2D eigenvalue weighted by Crippen LogP contribution is -2.52. The first kappa shape index (κ1) is 35.7. The van der Waals surface area contributed by atoms with E-state index in [1.165, 1.54) is 12.7 Å². The van der Waals surface area contributed by atoms with E-state index in [4.69, 9.17) is 43.6 Å². The minimum absolute atomic E-state index is 0.0347. The molecular formula is C28H28F2N10O10. The summed E-state index contributed by atoms with van der Waals surface area (Å²) in [6, 6.07) is 0. The van der Waals surface area contributed by atoms with Crippen LogP contribution in [0, 0.1) is 24.7 Å². The zero-order valence-electron chi connectivity index (χ0n) is 25.9. The minimum atomic E-state index is -2.98. The number of aromatic nitrogens is 8. The van der Waals surface area contributed by atoms with Crippen LogP contribution in [0.3, 0.4) is 0 Å². The number of hydrogen-bond donors (Lipinski definition) is 6. The number of alkyl halides is 2. The molecule has 6 heterocycles. The SMILES string of the molecule is C#C[C@]1(O)[C@H](n2cnc3c(N)ncnc32)O[C@](F)(CO)[C@H]1O.C#C[C@]1(OC(C)=O)[C@H](n2cnc3c(N)ncnc32)O[C@](F)(COC(C)=O)[C@H]1O. The number of anilines is 2. The molecule has 50 heavy (non-hydrogen) atoms. The Kier molecular flexibility index (Phi) is 9.05. The second-order valence-corrected chi connectivity index (χ2v) is 10.9. The quantitative estimate of drug-likeness (QED) is 0.0916. The molecular weight excluding hydrogens is 674 g/mol. The third-order valence-electron chi connectivity index (χ3n) is 7.73. The molecule has 0 radical (unpaired) electrons. The number of carbonyl (C=O) groups excluding carboxylic acids is 2. The lowest BCUT2D eigenvalue weighted by atomic mass is 9.93. The number of aliphatic hydroxyl groups excluding tert-OH is 3. The number of aliphatic hydroxyl groups is 4. The zero-order valence-corrected chi connectivity index (χ0v) is 25.9. The highest BCUT2D eigenvalue weighted by atomic mass is 19.2. The van der Waals surface area contributed by atoms with Crippen molar-refractivity contribution < 1.29 is 57.7 Å². The van der Waals surface area contributed by atoms with Crippen LogP contribution in [0.2, 0.25) is 0 Å². The smallest absolute Gasteiger partial charge is 0.304 e. The molecule has 264 valence electrons. The van der Waals surface area contributed by atoms with Gasteiger partial charge in [0.25, 0.3) is 11.7 Å². The van der Waals surface area contributed by atoms with Crippen molar-refractivity contribution in [2.45, 2.75) is 61.4 Å². The van der Waals surface area contributed by atoms with Crippen molar-refractivity contribution >= 4 is 45.9 Å². The molecule has 8 atom stereocenters. The fourth-order valence-electron chi connectivity index (χ4n) is 5.32. The van der Waals surface area contributed by atoms with Crippen LogP contribution in [0.25, 0.3) is 22.3 Å². The number of fused-ring (bicyclic) bond motifs is 2. The average molecular weight is 703 g/mol. The Morgan fingerprint density at radius 1 is 0.880 bits per heavy atom. The maximum absolute atomic E-state index is 15.4. The number of esters is 2. The molecule has 4 aromatic rings. The van der Waals surface area contributed by atoms with Crippen molar-refractivity contribution in [2.75, 3.05) is 24.7 Å². The third-order valence-corrected chi connectivity index (χ3v) is 7.73. The van der Waals surface area contributed by atoms with E-state index in [1.54, 1.807) is 0 Å². The van der Waals surface area contributed by atoms with Gasteiger partial charge < -0.3 is 50.8 Å². The fourth-order valence-corrected chi connectivity index (χ4v) is 5.32. The summed E-state index contributed by atoms with van der Waals surface area (Å²) in [5.74, 6) is -3.52. The molecule has 22 heteroatoms. The zero-order chi connectivity index (χ0) is 36.8. The Hall–Kier alpha value is -5.62. The van der Waals surface area contributed by atoms with E-state index >= 15 is 4.39 Å². The summed E-state index contributed by atoms with van der Waals surface area (Å²) in [6.07, 6.45) is 7.82. The minimum Gasteiger partial charge on any atom is -0.460 e. The van der Waals surface area contributed by atoms with Crippen LogP contribution in [-0.4, -0.2) is 120 Å². The number of nitrogen functional groups attached to an aromatic ring is 2. The Balaban J connectivity index is 0.000000200. The van der Waals surface area contributed by atoms with Crippen molar-refractivity contribution in [3.8, 4) is 24.7 Å². The summed E-state index contributed by atoms with van der Waals surface area (Å²) >= 11 is 0. The summed E-state index contributed by atoms with van der Waals surface area (Å²) in [5.41, 5.74) is 7.20. The predicted octanol–water partition coefficient (Wildman–Crippen LogP) is -2.22. The number of nitrogens with zero attached hydrogens (tertiary/aromatic N) is 8. The molecule has 0 aliphatic carbocycles. The molecule has 0 saturated carbocycles. The molecule has 0 bridgehead atoms. The van der Waals surface area contributed by atoms with E-state index in [2.05, 4.69) is 40.6 Å². The van der Waals surface area contributed by atoms with Gasteiger partial charge in [-0.05, 0) is 0 Å². The van der Waals surface area contributed by atoms with E-state index in [0.717, 1.165) is 35.6 Å². The van der Waals surface area contributed by atoms with Crippen molar-refractivity contribution in [1.82, 2.24) is 39.0 Å². The van der Waals surface area contributed by atoms with Crippen LogP contribution in [0.5, 0.6) is 0 Å². The highest BCUT2D eigenvalue weighted by molar-refractivity contribution is 5.82. The van der Waals surface area contributed by atoms with E-state index in [9.17, 15) is 29.3 Å². The number of ether oxygens (including phenoxy) is 4. The van der Waals surface area contributed by atoms with Gasteiger partial charge in [-0.2, -0.15) is 0 Å². The van der Waals surface area contributed by atoms with Gasteiger partial charge in [-0.15, -0.1) is 12.8 Å². The molecule has 2 saturated heterocycles. The van der Waals surface area contributed by atoms with Gasteiger partial charge in [0.15, 0.2) is 54.2 Å². The van der Waals surface area contributed by atoms with E-state index in [-0.39, 0.29) is 34.0 Å². The van der Waals surface area contributed by atoms with Crippen molar-refractivity contribution in [3.05, 3.63) is 25.3 Å². The van der Waals surface area contributed by atoms with Gasteiger partial charge in [0.05, 0.1) is 12.7 Å². The summed E-state index contributed by atoms with van der Waals surface area (Å²) in [4.78, 5) is 46.2. The maximum atomic E-state index is 15.4. The van der Waals surface area contributed by atoms with Gasteiger partial charge in [-0.3, -0.25) is 18.7 Å². The topological polar surface area (TPSA) is 291 Å². The van der Waals surface area contributed by atoms with Crippen LogP contribution in [0.15, 0.2) is 25.3 Å². The lowest BCUT2D eigenvalue weighted by Gasteiger charge is -2.31. The average Bonchev–Trinajstić information content (AvgIpc) is 3.81. The normalized spacial score (nSPS) is 31.8. The maximum Gasteiger partial charge on any atom is 0.304 e. The largest absolute Gasteiger partial charge is 0.460 e. The number of nitrogens with two attached hydrogens (primary N) is 2. The first-order chi connectivity index (χ1) is 23.5. The van der Waals surface area contributed by atoms with E-state index in [1.807, 2.05) is 5.92 Å². The molecule has 2 fully saturated rings. The molecule has 2 aliphatic rings. The Bertz CT molecular complexity index is 2050. The van der Waals surface area contributed by atoms with E-state index < -0.39 is 72.7 Å². The van der Waals surface area contributed by atoms with Crippen LogP contribution in [0.1, 0.15) is 26.3 Å². The van der Waals surface area contributed by atoms with Gasteiger partial charge in [0.2, 0.25) is 11.2 Å². The lowest BCUT2D eigenvalue weighted by molar-refractivity contribution is -0.215. The van der Waals surface area contributed by atoms with Crippen LogP contribution < -0.4 is 11.5 Å². The van der Waals surface area contributed by atoms with Crippen LogP contribution >= 0.6 is 0 Å². The monoisotopic (exact) mass is 702 g/mol. The van der Waals surface area contributed by atoms with Crippen LogP contribution in [0.4, 0.5) is 20.4 Å². The molecule has 0 aromatic carbocycles. The van der Waals surface area contributed by atoms with Gasteiger partial charge in [0.1, 0.15) is 30.3 Å². The Morgan fingerprint density at radius 2 is 1.40 bits per heavy atom. The molecule has 0 spiro atoms. The fraction of sp³-hybridized carbons (Fsp3) is 0.429.